The van der Waals surface area contributed by atoms with Crippen LogP contribution in [-0.4, -0.2) is 30.7 Å². The number of rotatable bonds is 6. The highest BCUT2D eigenvalue weighted by Gasteiger charge is 2.22. The van der Waals surface area contributed by atoms with Crippen molar-refractivity contribution >= 4 is 51.3 Å². The van der Waals surface area contributed by atoms with Gasteiger partial charge in [-0.05, 0) is 58.4 Å². The van der Waals surface area contributed by atoms with Crippen molar-refractivity contribution in [2.24, 2.45) is 0 Å². The van der Waals surface area contributed by atoms with Gasteiger partial charge in [0.1, 0.15) is 0 Å². The Labute approximate surface area is 182 Å². The topological polar surface area (TPSA) is 101 Å². The highest BCUT2D eigenvalue weighted by molar-refractivity contribution is 8.18. The standard InChI is InChI=1S/C23H19N3O4S/c1-29-19-10-14(11-20-22(28)26-23(24)31-20)6-9-18(19)30-13-21(27)25-17-8-7-15-4-2-3-5-16(15)12-17/h2-12H,13H2,1H3,(H,25,27)(H2,24,26,28)/b20-11-. The molecule has 1 fully saturated rings. The Morgan fingerprint density at radius 1 is 1.10 bits per heavy atom. The molecular formula is C23H19N3O4S. The van der Waals surface area contributed by atoms with Gasteiger partial charge < -0.3 is 20.1 Å². The fourth-order valence-corrected chi connectivity index (χ4v) is 3.80. The monoisotopic (exact) mass is 433 g/mol. The van der Waals surface area contributed by atoms with Gasteiger partial charge in [-0.3, -0.25) is 15.0 Å². The van der Waals surface area contributed by atoms with E-state index < -0.39 is 0 Å². The summed E-state index contributed by atoms with van der Waals surface area (Å²) in [6.07, 6.45) is 1.67. The lowest BCUT2D eigenvalue weighted by atomic mass is 10.1. The lowest BCUT2D eigenvalue weighted by Crippen LogP contribution is -2.20. The van der Waals surface area contributed by atoms with Crippen LogP contribution in [0.5, 0.6) is 11.5 Å². The molecule has 0 aliphatic carbocycles. The number of carbonyl (C=O) groups excluding carboxylic acids is 2. The molecule has 0 spiro atoms. The molecule has 1 aliphatic heterocycles. The van der Waals surface area contributed by atoms with E-state index in [1.807, 2.05) is 42.5 Å². The summed E-state index contributed by atoms with van der Waals surface area (Å²) in [6.45, 7) is -0.182. The number of ether oxygens (including phenoxy) is 2. The Morgan fingerprint density at radius 3 is 2.65 bits per heavy atom. The van der Waals surface area contributed by atoms with E-state index in [-0.39, 0.29) is 23.6 Å². The molecule has 4 rings (SSSR count). The maximum Gasteiger partial charge on any atom is 0.264 e. The molecule has 1 saturated heterocycles. The highest BCUT2D eigenvalue weighted by Crippen LogP contribution is 2.31. The van der Waals surface area contributed by atoms with Gasteiger partial charge in [0, 0.05) is 5.69 Å². The first-order valence-corrected chi connectivity index (χ1v) is 10.2. The summed E-state index contributed by atoms with van der Waals surface area (Å²) in [7, 11) is 1.50. The third-order valence-corrected chi connectivity index (χ3v) is 5.37. The van der Waals surface area contributed by atoms with Crippen molar-refractivity contribution in [1.29, 1.82) is 5.41 Å². The minimum Gasteiger partial charge on any atom is -0.493 e. The summed E-state index contributed by atoms with van der Waals surface area (Å²) in [4.78, 5) is 24.5. The van der Waals surface area contributed by atoms with E-state index in [0.29, 0.717) is 22.1 Å². The maximum atomic E-state index is 12.3. The van der Waals surface area contributed by atoms with Crippen LogP contribution >= 0.6 is 11.8 Å². The Balaban J connectivity index is 1.41. The van der Waals surface area contributed by atoms with Gasteiger partial charge in [0.2, 0.25) is 0 Å². The van der Waals surface area contributed by atoms with E-state index in [2.05, 4.69) is 10.6 Å². The van der Waals surface area contributed by atoms with Crippen molar-refractivity contribution in [1.82, 2.24) is 5.32 Å². The molecule has 0 aromatic heterocycles. The average molecular weight is 433 g/mol. The van der Waals surface area contributed by atoms with Crippen LogP contribution in [0, 0.1) is 5.41 Å². The predicted molar refractivity (Wildman–Crippen MR) is 123 cm³/mol. The summed E-state index contributed by atoms with van der Waals surface area (Å²) < 4.78 is 11.0. The van der Waals surface area contributed by atoms with E-state index in [0.717, 1.165) is 28.1 Å². The number of thioether (sulfide) groups is 1. The molecule has 0 atom stereocenters. The lowest BCUT2D eigenvalue weighted by molar-refractivity contribution is -0.118. The number of benzene rings is 3. The molecule has 156 valence electrons. The van der Waals surface area contributed by atoms with Gasteiger partial charge in [-0.15, -0.1) is 0 Å². The van der Waals surface area contributed by atoms with Gasteiger partial charge in [-0.1, -0.05) is 36.4 Å². The zero-order chi connectivity index (χ0) is 21.8. The molecular weight excluding hydrogens is 414 g/mol. The molecule has 0 bridgehead atoms. The second-order valence-electron chi connectivity index (χ2n) is 6.70. The SMILES string of the molecule is COc1cc(/C=C2\SC(=N)NC2=O)ccc1OCC(=O)Nc1ccc2ccccc2c1. The number of hydrogen-bond acceptors (Lipinski definition) is 6. The fourth-order valence-electron chi connectivity index (χ4n) is 3.09. The third kappa shape index (κ3) is 4.87. The number of carbonyl (C=O) groups is 2. The summed E-state index contributed by atoms with van der Waals surface area (Å²) >= 11 is 1.06. The normalized spacial score (nSPS) is 14.5. The van der Waals surface area contributed by atoms with Crippen LogP contribution in [0.2, 0.25) is 0 Å². The van der Waals surface area contributed by atoms with Crippen molar-refractivity contribution < 1.29 is 19.1 Å². The van der Waals surface area contributed by atoms with Gasteiger partial charge in [0.05, 0.1) is 12.0 Å². The third-order valence-electron chi connectivity index (χ3n) is 4.54. The second-order valence-corrected chi connectivity index (χ2v) is 7.76. The summed E-state index contributed by atoms with van der Waals surface area (Å²) in [5.41, 5.74) is 1.41. The first-order chi connectivity index (χ1) is 15.0. The molecule has 3 aromatic rings. The first-order valence-electron chi connectivity index (χ1n) is 9.41. The zero-order valence-corrected chi connectivity index (χ0v) is 17.4. The summed E-state index contributed by atoms with van der Waals surface area (Å²) in [6, 6.07) is 18.8. The molecule has 0 saturated carbocycles. The van der Waals surface area contributed by atoms with Crippen molar-refractivity contribution in [3.63, 3.8) is 0 Å². The number of nitrogens with one attached hydrogen (secondary N) is 3. The predicted octanol–water partition coefficient (Wildman–Crippen LogP) is 4.00. The van der Waals surface area contributed by atoms with Crippen molar-refractivity contribution in [2.45, 2.75) is 0 Å². The Kier molecular flexibility index (Phi) is 5.90. The van der Waals surface area contributed by atoms with Crippen LogP contribution in [0.4, 0.5) is 5.69 Å². The van der Waals surface area contributed by atoms with Crippen LogP contribution in [0.15, 0.2) is 65.6 Å². The number of amides is 2. The number of anilines is 1. The van der Waals surface area contributed by atoms with Gasteiger partial charge >= 0.3 is 0 Å². The van der Waals surface area contributed by atoms with Gasteiger partial charge in [-0.2, -0.15) is 0 Å². The van der Waals surface area contributed by atoms with Gasteiger partial charge in [0.15, 0.2) is 23.3 Å². The molecule has 0 radical (unpaired) electrons. The molecule has 3 N–H and O–H groups in total. The van der Waals surface area contributed by atoms with Gasteiger partial charge in [0.25, 0.3) is 11.8 Å². The first kappa shape index (κ1) is 20.5. The van der Waals surface area contributed by atoms with Crippen molar-refractivity contribution in [3.8, 4) is 11.5 Å². The molecule has 31 heavy (non-hydrogen) atoms. The van der Waals surface area contributed by atoms with Crippen LogP contribution in [-0.2, 0) is 9.59 Å². The molecule has 0 unspecified atom stereocenters. The van der Waals surface area contributed by atoms with Crippen molar-refractivity contribution in [2.75, 3.05) is 19.0 Å². The van der Waals surface area contributed by atoms with Gasteiger partial charge in [-0.25, -0.2) is 0 Å². The van der Waals surface area contributed by atoms with E-state index in [9.17, 15) is 9.59 Å². The second kappa shape index (κ2) is 8.93. The Hall–Kier alpha value is -3.78. The quantitative estimate of drug-likeness (QED) is 0.510. The van der Waals surface area contributed by atoms with Crippen molar-refractivity contribution in [3.05, 3.63) is 71.1 Å². The molecule has 7 nitrogen and oxygen atoms in total. The lowest BCUT2D eigenvalue weighted by Gasteiger charge is -2.12. The van der Waals surface area contributed by atoms with Crippen LogP contribution in [0.3, 0.4) is 0 Å². The van der Waals surface area contributed by atoms with E-state index >= 15 is 0 Å². The summed E-state index contributed by atoms with van der Waals surface area (Å²) in [5.74, 6) is 0.252. The van der Waals surface area contributed by atoms with Crippen LogP contribution in [0.1, 0.15) is 5.56 Å². The zero-order valence-electron chi connectivity index (χ0n) is 16.6. The van der Waals surface area contributed by atoms with E-state index in [4.69, 9.17) is 14.9 Å². The minimum absolute atomic E-state index is 0.0978. The molecule has 2 amide bonds. The maximum absolute atomic E-state index is 12.3. The Bertz CT molecular complexity index is 1220. The minimum atomic E-state index is -0.306. The Morgan fingerprint density at radius 2 is 1.90 bits per heavy atom. The summed E-state index contributed by atoms with van der Waals surface area (Å²) in [5, 5.41) is 15.0. The molecule has 1 aliphatic rings. The number of hydrogen-bond donors (Lipinski definition) is 3. The highest BCUT2D eigenvalue weighted by atomic mass is 32.2. The number of amidine groups is 1. The number of methoxy groups -OCH3 is 1. The van der Waals surface area contributed by atoms with E-state index in [1.54, 1.807) is 24.3 Å². The smallest absolute Gasteiger partial charge is 0.264 e. The van der Waals surface area contributed by atoms with Crippen LogP contribution < -0.4 is 20.1 Å². The number of fused-ring (bicyclic) bond motifs is 1. The average Bonchev–Trinajstić information content (AvgIpc) is 3.09. The molecule has 1 heterocycles. The molecule has 3 aromatic carbocycles. The molecule has 8 heteroatoms. The van der Waals surface area contributed by atoms with E-state index in [1.165, 1.54) is 7.11 Å². The largest absolute Gasteiger partial charge is 0.493 e. The van der Waals surface area contributed by atoms with Crippen LogP contribution in [0.25, 0.3) is 16.8 Å². The fraction of sp³-hybridized carbons (Fsp3) is 0.0870.